The fraction of sp³-hybridized carbons (Fsp3) is 0.148. The van der Waals surface area contributed by atoms with E-state index in [4.69, 9.17) is 33.3 Å². The summed E-state index contributed by atoms with van der Waals surface area (Å²) in [7, 11) is 0. The van der Waals surface area contributed by atoms with Gasteiger partial charge < -0.3 is 9.84 Å². The van der Waals surface area contributed by atoms with Gasteiger partial charge in [0.2, 0.25) is 5.82 Å². The average Bonchev–Trinajstić information content (AvgIpc) is 3.30. The molecule has 0 amide bonds. The Kier molecular flexibility index (Phi) is 5.94. The molecule has 1 unspecified atom stereocenters. The van der Waals surface area contributed by atoms with Gasteiger partial charge in [-0.2, -0.15) is 4.98 Å². The van der Waals surface area contributed by atoms with Crippen molar-refractivity contribution in [3.05, 3.63) is 106 Å². The molecule has 1 N–H and O–H groups in total. The van der Waals surface area contributed by atoms with Crippen molar-refractivity contribution >= 4 is 40.2 Å². The van der Waals surface area contributed by atoms with Gasteiger partial charge in [-0.05, 0) is 68.9 Å². The highest BCUT2D eigenvalue weighted by atomic mass is 35.5. The molecule has 0 bridgehead atoms. The summed E-state index contributed by atoms with van der Waals surface area (Å²) in [5, 5.41) is 9.00. The number of benzene rings is 3. The van der Waals surface area contributed by atoms with E-state index in [9.17, 15) is 0 Å². The summed E-state index contributed by atoms with van der Waals surface area (Å²) in [6.45, 7) is 6.12. The first-order valence-corrected chi connectivity index (χ1v) is 11.7. The highest BCUT2D eigenvalue weighted by Gasteiger charge is 2.34. The summed E-state index contributed by atoms with van der Waals surface area (Å²) in [5.41, 5.74) is 6.90. The van der Waals surface area contributed by atoms with Crippen LogP contribution in [0.25, 0.3) is 17.0 Å². The normalized spacial score (nSPS) is 16.1. The van der Waals surface area contributed by atoms with Crippen LogP contribution in [-0.4, -0.2) is 15.3 Å². The lowest BCUT2D eigenvalue weighted by Crippen LogP contribution is -2.46. The second-order valence-electron chi connectivity index (χ2n) is 8.40. The maximum Gasteiger partial charge on any atom is 0.258 e. The molecule has 170 valence electrons. The molecule has 1 aromatic heterocycles. The van der Waals surface area contributed by atoms with E-state index in [-0.39, 0.29) is 6.04 Å². The van der Waals surface area contributed by atoms with E-state index in [1.165, 1.54) is 5.56 Å². The largest absolute Gasteiger partial charge is 0.351 e. The summed E-state index contributed by atoms with van der Waals surface area (Å²) >= 11 is 12.1. The highest BCUT2D eigenvalue weighted by molar-refractivity contribution is 7.80. The van der Waals surface area contributed by atoms with E-state index in [1.54, 1.807) is 0 Å². The molecule has 1 aliphatic rings. The standard InChI is InChI=1S/C27H23ClN4OS/c1-16-10-12-22(13-11-16)32-18(3)23(24(29-27(32)34)19-7-5-9-21(28)15-19)26-30-25(31-33-26)20-8-4-6-17(2)14-20/h4-15,24H,1-3H3,(H,29,34). The van der Waals surface area contributed by atoms with E-state index in [1.807, 2.05) is 67.3 Å². The molecular formula is C27H23ClN4OS. The van der Waals surface area contributed by atoms with Crippen molar-refractivity contribution in [3.8, 4) is 11.4 Å². The van der Waals surface area contributed by atoms with Crippen LogP contribution in [0.4, 0.5) is 5.69 Å². The zero-order valence-corrected chi connectivity index (χ0v) is 20.6. The molecule has 34 heavy (non-hydrogen) atoms. The number of aromatic nitrogens is 2. The van der Waals surface area contributed by atoms with Crippen molar-refractivity contribution in [2.24, 2.45) is 0 Å². The van der Waals surface area contributed by atoms with Crippen LogP contribution in [0.1, 0.15) is 35.5 Å². The maximum atomic E-state index is 6.33. The lowest BCUT2D eigenvalue weighted by molar-refractivity contribution is 0.404. The highest BCUT2D eigenvalue weighted by Crippen LogP contribution is 2.39. The molecule has 5 rings (SSSR count). The van der Waals surface area contributed by atoms with Crippen molar-refractivity contribution < 1.29 is 4.52 Å². The van der Waals surface area contributed by atoms with E-state index < -0.39 is 0 Å². The third-order valence-electron chi connectivity index (χ3n) is 5.89. The third kappa shape index (κ3) is 4.22. The smallest absolute Gasteiger partial charge is 0.258 e. The molecule has 0 fully saturated rings. The number of nitrogens with one attached hydrogen (secondary N) is 1. The molecular weight excluding hydrogens is 464 g/mol. The molecule has 0 aliphatic carbocycles. The molecule has 1 aliphatic heterocycles. The van der Waals surface area contributed by atoms with Crippen molar-refractivity contribution in [1.82, 2.24) is 15.5 Å². The number of nitrogens with zero attached hydrogens (tertiary/aromatic N) is 3. The van der Waals surface area contributed by atoms with Gasteiger partial charge in [-0.3, -0.25) is 4.90 Å². The number of anilines is 1. The Bertz CT molecular complexity index is 1410. The lowest BCUT2D eigenvalue weighted by atomic mass is 9.94. The van der Waals surface area contributed by atoms with E-state index in [0.717, 1.165) is 33.6 Å². The minimum absolute atomic E-state index is 0.293. The zero-order chi connectivity index (χ0) is 23.8. The number of hydrogen-bond donors (Lipinski definition) is 1. The van der Waals surface area contributed by atoms with Crippen LogP contribution in [0.3, 0.4) is 0 Å². The minimum Gasteiger partial charge on any atom is -0.351 e. The Hall–Kier alpha value is -3.48. The van der Waals surface area contributed by atoms with Crippen LogP contribution >= 0.6 is 23.8 Å². The first kappa shape index (κ1) is 22.3. The van der Waals surface area contributed by atoms with Gasteiger partial charge in [0.15, 0.2) is 5.11 Å². The van der Waals surface area contributed by atoms with Crippen LogP contribution in [0.15, 0.2) is 83.0 Å². The molecule has 0 spiro atoms. The van der Waals surface area contributed by atoms with Gasteiger partial charge in [0, 0.05) is 22.0 Å². The lowest BCUT2D eigenvalue weighted by Gasteiger charge is -2.37. The van der Waals surface area contributed by atoms with Crippen LogP contribution in [0.5, 0.6) is 0 Å². The maximum absolute atomic E-state index is 6.33. The average molecular weight is 487 g/mol. The number of rotatable bonds is 4. The summed E-state index contributed by atoms with van der Waals surface area (Å²) in [6.07, 6.45) is 0. The van der Waals surface area contributed by atoms with Crippen molar-refractivity contribution in [3.63, 3.8) is 0 Å². The molecule has 7 heteroatoms. The third-order valence-corrected chi connectivity index (χ3v) is 6.43. The monoisotopic (exact) mass is 486 g/mol. The predicted molar refractivity (Wildman–Crippen MR) is 141 cm³/mol. The summed E-state index contributed by atoms with van der Waals surface area (Å²) in [6, 6.07) is 23.7. The van der Waals surface area contributed by atoms with Crippen LogP contribution < -0.4 is 10.2 Å². The Balaban J connectivity index is 1.66. The number of aryl methyl sites for hydroxylation is 2. The topological polar surface area (TPSA) is 54.2 Å². The minimum atomic E-state index is -0.293. The number of halogens is 1. The van der Waals surface area contributed by atoms with E-state index in [2.05, 4.69) is 41.7 Å². The first-order chi connectivity index (χ1) is 16.4. The summed E-state index contributed by atoms with van der Waals surface area (Å²) in [5.74, 6) is 0.977. The van der Waals surface area contributed by atoms with Gasteiger partial charge in [-0.1, -0.05) is 70.3 Å². The molecule has 1 atom stereocenters. The van der Waals surface area contributed by atoms with E-state index in [0.29, 0.717) is 21.9 Å². The molecule has 0 saturated heterocycles. The van der Waals surface area contributed by atoms with Gasteiger partial charge in [0.05, 0.1) is 11.6 Å². The first-order valence-electron chi connectivity index (χ1n) is 11.0. The summed E-state index contributed by atoms with van der Waals surface area (Å²) < 4.78 is 5.83. The molecule has 4 aromatic rings. The fourth-order valence-electron chi connectivity index (χ4n) is 4.20. The van der Waals surface area contributed by atoms with Crippen molar-refractivity contribution in [2.75, 3.05) is 4.90 Å². The van der Waals surface area contributed by atoms with Crippen LogP contribution in [0.2, 0.25) is 5.02 Å². The van der Waals surface area contributed by atoms with Crippen LogP contribution in [-0.2, 0) is 0 Å². The Labute approximate surface area is 209 Å². The Morgan fingerprint density at radius 3 is 2.44 bits per heavy atom. The van der Waals surface area contributed by atoms with Crippen molar-refractivity contribution in [1.29, 1.82) is 0 Å². The van der Waals surface area contributed by atoms with Crippen LogP contribution in [0, 0.1) is 13.8 Å². The molecule has 0 radical (unpaired) electrons. The molecule has 2 heterocycles. The van der Waals surface area contributed by atoms with Gasteiger partial charge in [-0.15, -0.1) is 0 Å². The number of allylic oxidation sites excluding steroid dienone is 1. The zero-order valence-electron chi connectivity index (χ0n) is 19.0. The fourth-order valence-corrected chi connectivity index (χ4v) is 4.75. The Morgan fingerprint density at radius 1 is 0.941 bits per heavy atom. The molecule has 3 aromatic carbocycles. The summed E-state index contributed by atoms with van der Waals surface area (Å²) in [4.78, 5) is 6.78. The quantitative estimate of drug-likeness (QED) is 0.317. The molecule has 5 nitrogen and oxygen atoms in total. The second kappa shape index (κ2) is 9.05. The molecule has 0 saturated carbocycles. The van der Waals surface area contributed by atoms with Gasteiger partial charge >= 0.3 is 0 Å². The predicted octanol–water partition coefficient (Wildman–Crippen LogP) is 6.87. The van der Waals surface area contributed by atoms with Gasteiger partial charge in [-0.25, -0.2) is 0 Å². The number of hydrogen-bond acceptors (Lipinski definition) is 4. The number of thiocarbonyl (C=S) groups is 1. The van der Waals surface area contributed by atoms with Gasteiger partial charge in [0.1, 0.15) is 0 Å². The van der Waals surface area contributed by atoms with E-state index >= 15 is 0 Å². The van der Waals surface area contributed by atoms with Gasteiger partial charge in [0.25, 0.3) is 5.89 Å². The second-order valence-corrected chi connectivity index (χ2v) is 9.22. The SMILES string of the molecule is CC1=C(c2nc(-c3cccc(C)c3)no2)C(c2cccc(Cl)c2)NC(=S)N1c1ccc(C)cc1. The Morgan fingerprint density at radius 2 is 1.71 bits per heavy atom. The van der Waals surface area contributed by atoms with Crippen molar-refractivity contribution in [2.45, 2.75) is 26.8 Å².